The number of carbonyl (C=O) groups is 1. The first-order valence-corrected chi connectivity index (χ1v) is 5.49. The number of halogens is 1. The summed E-state index contributed by atoms with van der Waals surface area (Å²) in [6.45, 7) is 1.65. The molecule has 0 saturated carbocycles. The van der Waals surface area contributed by atoms with Crippen LogP contribution < -0.4 is 4.74 Å². The van der Waals surface area contributed by atoms with Gasteiger partial charge in [-0.15, -0.1) is 0 Å². The predicted octanol–water partition coefficient (Wildman–Crippen LogP) is 2.95. The number of ether oxygens (including phenoxy) is 1. The lowest BCUT2D eigenvalue weighted by molar-refractivity contribution is -0.116. The number of rotatable bonds is 7. The van der Waals surface area contributed by atoms with Crippen LogP contribution in [0.2, 0.25) is 0 Å². The molecule has 3 heteroatoms. The summed E-state index contributed by atoms with van der Waals surface area (Å²) in [5.41, 5.74) is 1.12. The van der Waals surface area contributed by atoms with E-state index in [2.05, 4.69) is 0 Å². The highest BCUT2D eigenvalue weighted by atomic mass is 19.1. The average Bonchev–Trinajstić information content (AvgIpc) is 2.28. The van der Waals surface area contributed by atoms with E-state index in [0.717, 1.165) is 17.7 Å². The molecule has 0 aliphatic rings. The maximum Gasteiger partial charge on any atom is 0.130 e. The van der Waals surface area contributed by atoms with Crippen LogP contribution in [0.4, 0.5) is 4.39 Å². The van der Waals surface area contributed by atoms with Gasteiger partial charge in [-0.25, -0.2) is 0 Å². The summed E-state index contributed by atoms with van der Waals surface area (Å²) in [4.78, 5) is 10.8. The van der Waals surface area contributed by atoms with Crippen molar-refractivity contribution in [3.05, 3.63) is 29.8 Å². The maximum absolute atomic E-state index is 11.8. The monoisotopic (exact) mass is 224 g/mol. The van der Waals surface area contributed by atoms with Crippen LogP contribution in [0.25, 0.3) is 0 Å². The van der Waals surface area contributed by atoms with E-state index in [1.165, 1.54) is 0 Å². The first-order valence-electron chi connectivity index (χ1n) is 5.49. The standard InChI is InChI=1S/C13H17FO2/c1-11(15)3-4-12-5-7-13(8-6-12)16-10-2-9-14/h5-8H,2-4,9-10H2,1H3. The Morgan fingerprint density at radius 2 is 2.00 bits per heavy atom. The summed E-state index contributed by atoms with van der Waals surface area (Å²) < 4.78 is 17.1. The van der Waals surface area contributed by atoms with Crippen molar-refractivity contribution in [1.82, 2.24) is 0 Å². The first kappa shape index (κ1) is 12.7. The minimum atomic E-state index is -0.351. The number of hydrogen-bond acceptors (Lipinski definition) is 2. The second-order valence-corrected chi connectivity index (χ2v) is 3.74. The van der Waals surface area contributed by atoms with Gasteiger partial charge in [0.2, 0.25) is 0 Å². The van der Waals surface area contributed by atoms with E-state index in [-0.39, 0.29) is 12.5 Å². The molecule has 0 heterocycles. The molecule has 0 aliphatic heterocycles. The zero-order valence-electron chi connectivity index (χ0n) is 9.54. The lowest BCUT2D eigenvalue weighted by Gasteiger charge is -2.05. The van der Waals surface area contributed by atoms with E-state index in [1.807, 2.05) is 24.3 Å². The van der Waals surface area contributed by atoms with Crippen LogP contribution in [0.3, 0.4) is 0 Å². The Balaban J connectivity index is 2.38. The van der Waals surface area contributed by atoms with Crippen LogP contribution in [0, 0.1) is 0 Å². The van der Waals surface area contributed by atoms with Crippen molar-refractivity contribution in [2.45, 2.75) is 26.2 Å². The highest BCUT2D eigenvalue weighted by molar-refractivity contribution is 5.75. The SMILES string of the molecule is CC(=O)CCc1ccc(OCCCF)cc1. The number of hydrogen-bond donors (Lipinski definition) is 0. The molecule has 0 aliphatic carbocycles. The Bertz CT molecular complexity index is 319. The van der Waals surface area contributed by atoms with E-state index in [9.17, 15) is 9.18 Å². The Labute approximate surface area is 95.4 Å². The lowest BCUT2D eigenvalue weighted by Crippen LogP contribution is -1.98. The molecule has 1 aromatic rings. The molecule has 1 rings (SSSR count). The zero-order valence-corrected chi connectivity index (χ0v) is 9.54. The first-order chi connectivity index (χ1) is 7.72. The van der Waals surface area contributed by atoms with Gasteiger partial charge in [0, 0.05) is 12.8 Å². The quantitative estimate of drug-likeness (QED) is 0.665. The molecule has 0 unspecified atom stereocenters. The minimum Gasteiger partial charge on any atom is -0.494 e. The summed E-state index contributed by atoms with van der Waals surface area (Å²) in [7, 11) is 0. The molecule has 2 nitrogen and oxygen atoms in total. The smallest absolute Gasteiger partial charge is 0.130 e. The van der Waals surface area contributed by atoms with E-state index in [4.69, 9.17) is 4.74 Å². The van der Waals surface area contributed by atoms with E-state index in [1.54, 1.807) is 6.92 Å². The molecule has 0 fully saturated rings. The molecule has 0 atom stereocenters. The largest absolute Gasteiger partial charge is 0.494 e. The van der Waals surface area contributed by atoms with E-state index in [0.29, 0.717) is 19.4 Å². The second kappa shape index (κ2) is 6.99. The van der Waals surface area contributed by atoms with Gasteiger partial charge in [-0.2, -0.15) is 0 Å². The summed E-state index contributed by atoms with van der Waals surface area (Å²) in [6.07, 6.45) is 1.76. The summed E-state index contributed by atoms with van der Waals surface area (Å²) in [6, 6.07) is 7.59. The Morgan fingerprint density at radius 3 is 2.56 bits per heavy atom. The third-order valence-corrected chi connectivity index (χ3v) is 2.24. The van der Waals surface area contributed by atoms with Crippen LogP contribution in [0.15, 0.2) is 24.3 Å². The van der Waals surface area contributed by atoms with E-state index >= 15 is 0 Å². The summed E-state index contributed by atoms with van der Waals surface area (Å²) in [5, 5.41) is 0. The van der Waals surface area contributed by atoms with Gasteiger partial charge in [0.25, 0.3) is 0 Å². The normalized spacial score (nSPS) is 10.1. The molecule has 0 aromatic heterocycles. The Kier molecular flexibility index (Phi) is 5.54. The number of Topliss-reactive ketones (excluding diaryl/α,β-unsaturated/α-hetero) is 1. The fraction of sp³-hybridized carbons (Fsp3) is 0.462. The number of benzene rings is 1. The van der Waals surface area contributed by atoms with Crippen molar-refractivity contribution in [2.75, 3.05) is 13.3 Å². The van der Waals surface area contributed by atoms with Gasteiger partial charge in [-0.1, -0.05) is 12.1 Å². The fourth-order valence-corrected chi connectivity index (χ4v) is 1.32. The van der Waals surface area contributed by atoms with Crippen molar-refractivity contribution in [1.29, 1.82) is 0 Å². The van der Waals surface area contributed by atoms with Crippen LogP contribution in [0.5, 0.6) is 5.75 Å². The number of ketones is 1. The lowest BCUT2D eigenvalue weighted by atomic mass is 10.1. The third kappa shape index (κ3) is 4.91. The maximum atomic E-state index is 11.8. The molecule has 16 heavy (non-hydrogen) atoms. The molecule has 88 valence electrons. The van der Waals surface area contributed by atoms with Crippen molar-refractivity contribution >= 4 is 5.78 Å². The fourth-order valence-electron chi connectivity index (χ4n) is 1.32. The highest BCUT2D eigenvalue weighted by Crippen LogP contribution is 2.13. The van der Waals surface area contributed by atoms with Gasteiger partial charge in [-0.05, 0) is 31.0 Å². The van der Waals surface area contributed by atoms with Crippen molar-refractivity contribution in [3.63, 3.8) is 0 Å². The Hall–Kier alpha value is -1.38. The molecule has 1 aromatic carbocycles. The molecular weight excluding hydrogens is 207 g/mol. The Morgan fingerprint density at radius 1 is 1.31 bits per heavy atom. The van der Waals surface area contributed by atoms with Crippen LogP contribution in [0.1, 0.15) is 25.3 Å². The number of alkyl halides is 1. The minimum absolute atomic E-state index is 0.197. The average molecular weight is 224 g/mol. The highest BCUT2D eigenvalue weighted by Gasteiger charge is 1.98. The van der Waals surface area contributed by atoms with Gasteiger partial charge in [0.05, 0.1) is 13.3 Å². The van der Waals surface area contributed by atoms with Crippen LogP contribution in [-0.2, 0) is 11.2 Å². The summed E-state index contributed by atoms with van der Waals surface area (Å²) in [5.74, 6) is 0.947. The zero-order chi connectivity index (χ0) is 11.8. The second-order valence-electron chi connectivity index (χ2n) is 3.74. The molecule has 0 radical (unpaired) electrons. The van der Waals surface area contributed by atoms with Gasteiger partial charge < -0.3 is 9.53 Å². The molecular formula is C13H17FO2. The van der Waals surface area contributed by atoms with Crippen molar-refractivity contribution in [3.8, 4) is 5.75 Å². The predicted molar refractivity (Wildman–Crippen MR) is 61.5 cm³/mol. The molecule has 0 N–H and O–H groups in total. The van der Waals surface area contributed by atoms with Gasteiger partial charge in [-0.3, -0.25) is 4.39 Å². The molecule has 0 spiro atoms. The van der Waals surface area contributed by atoms with Crippen molar-refractivity contribution < 1.29 is 13.9 Å². The van der Waals surface area contributed by atoms with Crippen LogP contribution >= 0.6 is 0 Å². The van der Waals surface area contributed by atoms with Gasteiger partial charge >= 0.3 is 0 Å². The van der Waals surface area contributed by atoms with Gasteiger partial charge in [0.15, 0.2) is 0 Å². The van der Waals surface area contributed by atoms with Crippen molar-refractivity contribution in [2.24, 2.45) is 0 Å². The molecule has 0 saturated heterocycles. The number of aryl methyl sites for hydroxylation is 1. The molecule has 0 bridgehead atoms. The van der Waals surface area contributed by atoms with E-state index < -0.39 is 0 Å². The third-order valence-electron chi connectivity index (χ3n) is 2.24. The number of carbonyl (C=O) groups excluding carboxylic acids is 1. The molecule has 0 amide bonds. The topological polar surface area (TPSA) is 26.3 Å². The van der Waals surface area contributed by atoms with Crippen LogP contribution in [-0.4, -0.2) is 19.1 Å². The summed E-state index contributed by atoms with van der Waals surface area (Å²) >= 11 is 0. The van der Waals surface area contributed by atoms with Gasteiger partial charge in [0.1, 0.15) is 11.5 Å².